The lowest BCUT2D eigenvalue weighted by Gasteiger charge is -2.05. The minimum Gasteiger partial charge on any atom is -0.471 e. The minimum absolute atomic E-state index is 0.176. The number of aromatic nitrogens is 5. The maximum Gasteiger partial charge on any atom is 0.278 e. The standard InChI is InChI=1S/C20H16Cl2N6O2/c21-16-7-6-14(10-17(16)22)11-28-12-23-20(26-28)24-19(29)18-8-9-27(25-18)13-30-15-4-2-1-3-5-15/h1-10,12H,11,13H2,(H,24,26,29). The molecule has 0 fully saturated rings. The van der Waals surface area contributed by atoms with Gasteiger partial charge < -0.3 is 4.74 Å². The van der Waals surface area contributed by atoms with E-state index in [1.807, 2.05) is 36.4 Å². The summed E-state index contributed by atoms with van der Waals surface area (Å²) in [7, 11) is 0. The van der Waals surface area contributed by atoms with Gasteiger partial charge in [0.15, 0.2) is 12.4 Å². The second-order valence-corrected chi connectivity index (χ2v) is 7.11. The first-order valence-electron chi connectivity index (χ1n) is 8.93. The van der Waals surface area contributed by atoms with Gasteiger partial charge in [0.2, 0.25) is 5.95 Å². The second kappa shape index (κ2) is 8.98. The number of amides is 1. The van der Waals surface area contributed by atoms with E-state index < -0.39 is 5.91 Å². The van der Waals surface area contributed by atoms with Crippen LogP contribution in [0.15, 0.2) is 67.1 Å². The fraction of sp³-hybridized carbons (Fsp3) is 0.100. The van der Waals surface area contributed by atoms with Crippen molar-refractivity contribution in [1.82, 2.24) is 24.5 Å². The van der Waals surface area contributed by atoms with E-state index in [-0.39, 0.29) is 18.4 Å². The predicted octanol–water partition coefficient (Wildman–Crippen LogP) is 4.12. The SMILES string of the molecule is O=C(Nc1ncn(Cc2ccc(Cl)c(Cl)c2)n1)c1ccn(COc2ccccc2)n1. The molecule has 0 radical (unpaired) electrons. The molecule has 10 heteroatoms. The Balaban J connectivity index is 1.34. The van der Waals surface area contributed by atoms with E-state index in [9.17, 15) is 4.79 Å². The first-order valence-corrected chi connectivity index (χ1v) is 9.68. The maximum absolute atomic E-state index is 12.4. The number of carbonyl (C=O) groups excluding carboxylic acids is 1. The van der Waals surface area contributed by atoms with Crippen LogP contribution in [0.25, 0.3) is 0 Å². The molecule has 0 saturated heterocycles. The van der Waals surface area contributed by atoms with E-state index in [4.69, 9.17) is 27.9 Å². The highest BCUT2D eigenvalue weighted by Gasteiger charge is 2.13. The van der Waals surface area contributed by atoms with Crippen molar-refractivity contribution in [3.8, 4) is 5.75 Å². The van der Waals surface area contributed by atoms with Crippen LogP contribution in [-0.4, -0.2) is 30.5 Å². The Morgan fingerprint density at radius 3 is 2.63 bits per heavy atom. The first-order chi connectivity index (χ1) is 14.6. The van der Waals surface area contributed by atoms with Gasteiger partial charge in [-0.25, -0.2) is 14.3 Å². The van der Waals surface area contributed by atoms with Gasteiger partial charge in [-0.05, 0) is 35.9 Å². The fourth-order valence-corrected chi connectivity index (χ4v) is 2.95. The molecule has 0 bridgehead atoms. The van der Waals surface area contributed by atoms with E-state index in [1.54, 1.807) is 29.1 Å². The molecule has 0 spiro atoms. The predicted molar refractivity (Wildman–Crippen MR) is 113 cm³/mol. The molecule has 2 aromatic heterocycles. The molecule has 0 saturated carbocycles. The lowest BCUT2D eigenvalue weighted by molar-refractivity contribution is 0.101. The smallest absolute Gasteiger partial charge is 0.278 e. The summed E-state index contributed by atoms with van der Waals surface area (Å²) in [6.45, 7) is 0.624. The molecule has 2 heterocycles. The van der Waals surface area contributed by atoms with E-state index in [2.05, 4.69) is 20.5 Å². The number of rotatable bonds is 7. The zero-order chi connectivity index (χ0) is 20.9. The van der Waals surface area contributed by atoms with Crippen molar-refractivity contribution in [2.45, 2.75) is 13.3 Å². The third-order valence-corrected chi connectivity index (χ3v) is 4.81. The Kier molecular flexibility index (Phi) is 5.97. The van der Waals surface area contributed by atoms with Crippen molar-refractivity contribution in [2.24, 2.45) is 0 Å². The molecule has 0 aliphatic carbocycles. The monoisotopic (exact) mass is 442 g/mol. The summed E-state index contributed by atoms with van der Waals surface area (Å²) in [6.07, 6.45) is 3.18. The van der Waals surface area contributed by atoms with Crippen LogP contribution in [-0.2, 0) is 13.3 Å². The average molecular weight is 443 g/mol. The largest absolute Gasteiger partial charge is 0.471 e. The fourth-order valence-electron chi connectivity index (χ4n) is 2.63. The Morgan fingerprint density at radius 1 is 1.00 bits per heavy atom. The Morgan fingerprint density at radius 2 is 1.83 bits per heavy atom. The highest BCUT2D eigenvalue weighted by Crippen LogP contribution is 2.23. The molecule has 2 aromatic carbocycles. The number of hydrogen-bond acceptors (Lipinski definition) is 5. The van der Waals surface area contributed by atoms with Crippen molar-refractivity contribution >= 4 is 35.1 Å². The van der Waals surface area contributed by atoms with Crippen molar-refractivity contribution in [2.75, 3.05) is 5.32 Å². The highest BCUT2D eigenvalue weighted by atomic mass is 35.5. The normalized spacial score (nSPS) is 10.7. The minimum atomic E-state index is -0.416. The van der Waals surface area contributed by atoms with Gasteiger partial charge in [0.05, 0.1) is 16.6 Å². The molecule has 152 valence electrons. The van der Waals surface area contributed by atoms with Gasteiger partial charge in [-0.2, -0.15) is 5.10 Å². The van der Waals surface area contributed by atoms with Gasteiger partial charge in [-0.15, -0.1) is 5.10 Å². The lowest BCUT2D eigenvalue weighted by Crippen LogP contribution is -2.15. The number of para-hydroxylation sites is 1. The highest BCUT2D eigenvalue weighted by molar-refractivity contribution is 6.42. The quantitative estimate of drug-likeness (QED) is 0.465. The summed E-state index contributed by atoms with van der Waals surface area (Å²) in [5.41, 5.74) is 1.14. The van der Waals surface area contributed by atoms with E-state index in [1.165, 1.54) is 11.0 Å². The summed E-state index contributed by atoms with van der Waals surface area (Å²) < 4.78 is 8.71. The molecule has 8 nitrogen and oxygen atoms in total. The van der Waals surface area contributed by atoms with Crippen LogP contribution in [0.2, 0.25) is 10.0 Å². The molecule has 30 heavy (non-hydrogen) atoms. The summed E-state index contributed by atoms with van der Waals surface area (Å²) in [4.78, 5) is 16.5. The van der Waals surface area contributed by atoms with Crippen LogP contribution in [0.4, 0.5) is 5.95 Å². The molecule has 1 amide bonds. The Bertz CT molecular complexity index is 1160. The van der Waals surface area contributed by atoms with Gasteiger partial charge in [0, 0.05) is 6.20 Å². The number of carbonyl (C=O) groups is 1. The zero-order valence-electron chi connectivity index (χ0n) is 15.6. The van der Waals surface area contributed by atoms with Crippen molar-refractivity contribution in [3.05, 3.63) is 88.4 Å². The summed E-state index contributed by atoms with van der Waals surface area (Å²) in [6, 6.07) is 16.3. The van der Waals surface area contributed by atoms with Crippen LogP contribution >= 0.6 is 23.2 Å². The number of nitrogens with zero attached hydrogens (tertiary/aromatic N) is 5. The van der Waals surface area contributed by atoms with Gasteiger partial charge >= 0.3 is 0 Å². The van der Waals surface area contributed by atoms with Crippen molar-refractivity contribution in [3.63, 3.8) is 0 Å². The zero-order valence-corrected chi connectivity index (χ0v) is 17.1. The first kappa shape index (κ1) is 19.9. The van der Waals surface area contributed by atoms with E-state index in [0.717, 1.165) is 11.3 Å². The van der Waals surface area contributed by atoms with E-state index >= 15 is 0 Å². The van der Waals surface area contributed by atoms with Crippen molar-refractivity contribution < 1.29 is 9.53 Å². The van der Waals surface area contributed by atoms with Gasteiger partial charge in [0.1, 0.15) is 12.1 Å². The van der Waals surface area contributed by atoms with Crippen molar-refractivity contribution in [1.29, 1.82) is 0 Å². The molecule has 0 unspecified atom stereocenters. The number of halogens is 2. The Hall–Kier alpha value is -3.36. The topological polar surface area (TPSA) is 86.9 Å². The maximum atomic E-state index is 12.4. The summed E-state index contributed by atoms with van der Waals surface area (Å²) in [5.74, 6) is 0.478. The number of benzene rings is 2. The van der Waals surface area contributed by atoms with Gasteiger partial charge in [-0.3, -0.25) is 10.1 Å². The number of hydrogen-bond donors (Lipinski definition) is 1. The summed E-state index contributed by atoms with van der Waals surface area (Å²) in [5, 5.41) is 12.0. The van der Waals surface area contributed by atoms with Crippen LogP contribution in [0.5, 0.6) is 5.75 Å². The molecule has 4 aromatic rings. The molecule has 0 aliphatic heterocycles. The number of nitrogens with one attached hydrogen (secondary N) is 1. The van der Waals surface area contributed by atoms with Crippen LogP contribution in [0.3, 0.4) is 0 Å². The third kappa shape index (κ3) is 4.97. The molecular weight excluding hydrogens is 427 g/mol. The third-order valence-electron chi connectivity index (χ3n) is 4.07. The van der Waals surface area contributed by atoms with Crippen LogP contribution < -0.4 is 10.1 Å². The molecule has 1 N–H and O–H groups in total. The molecule has 4 rings (SSSR count). The lowest BCUT2D eigenvalue weighted by atomic mass is 10.2. The van der Waals surface area contributed by atoms with E-state index in [0.29, 0.717) is 16.6 Å². The van der Waals surface area contributed by atoms with Crippen LogP contribution in [0, 0.1) is 0 Å². The number of anilines is 1. The molecule has 0 aliphatic rings. The van der Waals surface area contributed by atoms with Gasteiger partial charge in [0.25, 0.3) is 5.91 Å². The number of ether oxygens (including phenoxy) is 1. The Labute approximate surface area is 182 Å². The second-order valence-electron chi connectivity index (χ2n) is 6.30. The molecule has 0 atom stereocenters. The summed E-state index contributed by atoms with van der Waals surface area (Å²) >= 11 is 12.0. The van der Waals surface area contributed by atoms with Crippen LogP contribution in [0.1, 0.15) is 16.1 Å². The average Bonchev–Trinajstić information content (AvgIpc) is 3.40. The van der Waals surface area contributed by atoms with Gasteiger partial charge in [-0.1, -0.05) is 47.5 Å². The molecular formula is C20H16Cl2N6O2.